The van der Waals surface area contributed by atoms with Gasteiger partial charge in [0.25, 0.3) is 0 Å². The van der Waals surface area contributed by atoms with Gasteiger partial charge in [-0.05, 0) is 25.0 Å². The molecule has 3 saturated heterocycles. The third-order valence-electron chi connectivity index (χ3n) is 5.23. The summed E-state index contributed by atoms with van der Waals surface area (Å²) in [6, 6.07) is 6.19. The Morgan fingerprint density at radius 3 is 2.81 bits per heavy atom. The van der Waals surface area contributed by atoms with E-state index in [4.69, 9.17) is 0 Å². The molecule has 2 bridgehead atoms. The average Bonchev–Trinajstić information content (AvgIpc) is 2.95. The highest BCUT2D eigenvalue weighted by molar-refractivity contribution is 7.15. The quantitative estimate of drug-likeness (QED) is 0.807. The van der Waals surface area contributed by atoms with Crippen LogP contribution in [0.3, 0.4) is 0 Å². The lowest BCUT2D eigenvalue weighted by Crippen LogP contribution is -2.47. The van der Waals surface area contributed by atoms with E-state index >= 15 is 0 Å². The number of carbonyl (C=O) groups is 1. The molecule has 3 aliphatic rings. The molecule has 26 heavy (non-hydrogen) atoms. The van der Waals surface area contributed by atoms with Crippen LogP contribution in [0.4, 0.5) is 5.13 Å². The first-order chi connectivity index (χ1) is 12.6. The highest BCUT2D eigenvalue weighted by atomic mass is 32.1. The Labute approximate surface area is 158 Å². The molecule has 2 aromatic heterocycles. The molecule has 0 spiro atoms. The molecule has 2 atom stereocenters. The van der Waals surface area contributed by atoms with Crippen molar-refractivity contribution in [2.45, 2.75) is 32.0 Å². The molecule has 0 saturated carbocycles. The average molecular weight is 372 g/mol. The molecule has 0 aliphatic carbocycles. The molecule has 0 aromatic carbocycles. The molecule has 0 unspecified atom stereocenters. The molecular weight excluding hydrogens is 346 g/mol. The number of fused-ring (bicyclic) bond motifs is 4. The molecular formula is C19H25N5OS. The number of carbonyl (C=O) groups excluding carboxylic acids is 1. The second-order valence-corrected chi connectivity index (χ2v) is 8.51. The van der Waals surface area contributed by atoms with Crippen molar-refractivity contribution in [2.75, 3.05) is 32.1 Å². The van der Waals surface area contributed by atoms with Crippen LogP contribution in [0.15, 0.2) is 30.6 Å². The molecule has 7 heteroatoms. The van der Waals surface area contributed by atoms with E-state index in [1.807, 2.05) is 43.4 Å². The summed E-state index contributed by atoms with van der Waals surface area (Å²) in [5.41, 5.74) is 0.970. The number of pyridine rings is 1. The zero-order valence-electron chi connectivity index (χ0n) is 15.3. The minimum atomic E-state index is 0.110. The molecule has 0 radical (unpaired) electrons. The first kappa shape index (κ1) is 17.4. The van der Waals surface area contributed by atoms with Gasteiger partial charge in [0.2, 0.25) is 5.91 Å². The van der Waals surface area contributed by atoms with Crippen LogP contribution >= 0.6 is 11.3 Å². The number of anilines is 1. The van der Waals surface area contributed by atoms with Gasteiger partial charge in [-0.3, -0.25) is 14.7 Å². The minimum absolute atomic E-state index is 0.110. The number of nitrogens with zero attached hydrogens (tertiary/aromatic N) is 5. The van der Waals surface area contributed by atoms with Crippen molar-refractivity contribution in [3.63, 3.8) is 0 Å². The first-order valence-electron chi connectivity index (χ1n) is 9.15. The molecule has 0 N–H and O–H groups in total. The number of rotatable bonds is 5. The number of hydrogen-bond acceptors (Lipinski definition) is 6. The number of hydrogen-bond donors (Lipinski definition) is 0. The lowest BCUT2D eigenvalue weighted by atomic mass is 9.94. The third kappa shape index (κ3) is 3.59. The SMILES string of the molecule is CN(C)c1ncc(CN2C[C@H]3CC[C@@H](C2)N(Cc2ccccn2)C3=O)s1. The summed E-state index contributed by atoms with van der Waals surface area (Å²) in [4.78, 5) is 29.6. The van der Waals surface area contributed by atoms with Gasteiger partial charge in [0, 0.05) is 57.0 Å². The summed E-state index contributed by atoms with van der Waals surface area (Å²) in [6.45, 7) is 3.29. The van der Waals surface area contributed by atoms with E-state index in [9.17, 15) is 4.79 Å². The number of aromatic nitrogens is 2. The fourth-order valence-electron chi connectivity index (χ4n) is 3.93. The lowest BCUT2D eigenvalue weighted by Gasteiger charge is -2.35. The van der Waals surface area contributed by atoms with Crippen LogP contribution in [0.1, 0.15) is 23.4 Å². The van der Waals surface area contributed by atoms with Gasteiger partial charge in [-0.2, -0.15) is 0 Å². The van der Waals surface area contributed by atoms with Crippen LogP contribution in [0.5, 0.6) is 0 Å². The van der Waals surface area contributed by atoms with Crippen molar-refractivity contribution in [3.8, 4) is 0 Å². The Morgan fingerprint density at radius 2 is 2.08 bits per heavy atom. The summed E-state index contributed by atoms with van der Waals surface area (Å²) in [5.74, 6) is 0.409. The highest BCUT2D eigenvalue weighted by Crippen LogP contribution is 2.31. The molecule has 5 heterocycles. The van der Waals surface area contributed by atoms with Gasteiger partial charge in [0.1, 0.15) is 0 Å². The molecule has 1 amide bonds. The van der Waals surface area contributed by atoms with Crippen molar-refractivity contribution in [1.29, 1.82) is 0 Å². The van der Waals surface area contributed by atoms with Gasteiger partial charge in [-0.1, -0.05) is 6.07 Å². The van der Waals surface area contributed by atoms with Crippen molar-refractivity contribution in [3.05, 3.63) is 41.2 Å². The molecule has 2 aromatic rings. The smallest absolute Gasteiger partial charge is 0.227 e. The van der Waals surface area contributed by atoms with Gasteiger partial charge in [0.15, 0.2) is 5.13 Å². The maximum absolute atomic E-state index is 13.0. The van der Waals surface area contributed by atoms with E-state index in [-0.39, 0.29) is 12.0 Å². The van der Waals surface area contributed by atoms with E-state index in [0.29, 0.717) is 12.5 Å². The molecule has 3 fully saturated rings. The van der Waals surface area contributed by atoms with Crippen LogP contribution in [-0.4, -0.2) is 58.9 Å². The number of piperidine rings is 1. The van der Waals surface area contributed by atoms with Crippen molar-refractivity contribution in [1.82, 2.24) is 19.8 Å². The molecule has 5 rings (SSSR count). The van der Waals surface area contributed by atoms with Gasteiger partial charge < -0.3 is 9.80 Å². The minimum Gasteiger partial charge on any atom is -0.354 e. The predicted octanol–water partition coefficient (Wildman–Crippen LogP) is 2.23. The second kappa shape index (κ2) is 7.32. The van der Waals surface area contributed by atoms with Crippen molar-refractivity contribution < 1.29 is 4.79 Å². The lowest BCUT2D eigenvalue weighted by molar-refractivity contribution is -0.140. The van der Waals surface area contributed by atoms with Crippen molar-refractivity contribution in [2.24, 2.45) is 5.92 Å². The Balaban J connectivity index is 1.47. The van der Waals surface area contributed by atoms with E-state index < -0.39 is 0 Å². The van der Waals surface area contributed by atoms with E-state index in [0.717, 1.165) is 43.3 Å². The fourth-order valence-corrected chi connectivity index (χ4v) is 4.81. The maximum atomic E-state index is 13.0. The Kier molecular flexibility index (Phi) is 4.91. The topological polar surface area (TPSA) is 52.6 Å². The van der Waals surface area contributed by atoms with Crippen molar-refractivity contribution >= 4 is 22.4 Å². The standard InChI is InChI=1S/C19H25N5OS/c1-22(2)19-21-9-17(26-19)13-23-10-14-6-7-16(12-23)24(18(14)25)11-15-5-3-4-8-20-15/h3-5,8-9,14,16H,6-7,10-13H2,1-2H3/t14-,16+/m1/s1. The summed E-state index contributed by atoms with van der Waals surface area (Å²) < 4.78 is 0. The van der Waals surface area contributed by atoms with E-state index in [1.54, 1.807) is 17.5 Å². The third-order valence-corrected chi connectivity index (χ3v) is 6.38. The Morgan fingerprint density at radius 1 is 1.19 bits per heavy atom. The van der Waals surface area contributed by atoms with Gasteiger partial charge in [-0.15, -0.1) is 11.3 Å². The number of amides is 1. The van der Waals surface area contributed by atoms with Gasteiger partial charge in [0.05, 0.1) is 18.2 Å². The fraction of sp³-hybridized carbons (Fsp3) is 0.526. The Bertz CT molecular complexity index is 762. The highest BCUT2D eigenvalue weighted by Gasteiger charge is 2.40. The van der Waals surface area contributed by atoms with Gasteiger partial charge in [-0.25, -0.2) is 4.98 Å². The van der Waals surface area contributed by atoms with Crippen LogP contribution < -0.4 is 4.90 Å². The summed E-state index contributed by atoms with van der Waals surface area (Å²) in [6.07, 6.45) is 5.87. The monoisotopic (exact) mass is 371 g/mol. The summed E-state index contributed by atoms with van der Waals surface area (Å²) >= 11 is 1.73. The first-order valence-corrected chi connectivity index (χ1v) is 9.96. The van der Waals surface area contributed by atoms with Crippen LogP contribution in [-0.2, 0) is 17.9 Å². The van der Waals surface area contributed by atoms with Gasteiger partial charge >= 0.3 is 0 Å². The maximum Gasteiger partial charge on any atom is 0.227 e. The van der Waals surface area contributed by atoms with Crippen LogP contribution in [0, 0.1) is 5.92 Å². The zero-order chi connectivity index (χ0) is 18.1. The number of thiazole rings is 1. The summed E-state index contributed by atoms with van der Waals surface area (Å²) in [5, 5.41) is 1.03. The second-order valence-electron chi connectivity index (χ2n) is 7.41. The van der Waals surface area contributed by atoms with Crippen LogP contribution in [0.2, 0.25) is 0 Å². The molecule has 3 aliphatic heterocycles. The van der Waals surface area contributed by atoms with E-state index in [1.165, 1.54) is 4.88 Å². The normalized spacial score (nSPS) is 23.3. The molecule has 138 valence electrons. The molecule has 6 nitrogen and oxygen atoms in total. The Hall–Kier alpha value is -1.99. The predicted molar refractivity (Wildman–Crippen MR) is 103 cm³/mol. The van der Waals surface area contributed by atoms with Crippen LogP contribution in [0.25, 0.3) is 0 Å². The van der Waals surface area contributed by atoms with E-state index in [2.05, 4.69) is 19.8 Å². The summed E-state index contributed by atoms with van der Waals surface area (Å²) in [7, 11) is 4.03. The largest absolute Gasteiger partial charge is 0.354 e. The zero-order valence-corrected chi connectivity index (χ0v) is 16.2.